The van der Waals surface area contributed by atoms with Gasteiger partial charge in [-0.05, 0) is 26.0 Å². The first-order valence-electron chi connectivity index (χ1n) is 7.90. The number of sulfonamides is 1. The Morgan fingerprint density at radius 2 is 1.67 bits per heavy atom. The number of aryl methyl sites for hydroxylation is 1. The second kappa shape index (κ2) is 7.76. The largest absolute Gasteiger partial charge is 0.338 e. The van der Waals surface area contributed by atoms with E-state index in [2.05, 4.69) is 5.32 Å². The van der Waals surface area contributed by atoms with Crippen LogP contribution in [0.25, 0.3) is 0 Å². The van der Waals surface area contributed by atoms with Gasteiger partial charge < -0.3 is 10.2 Å². The van der Waals surface area contributed by atoms with Crippen LogP contribution < -0.4 is 5.32 Å². The van der Waals surface area contributed by atoms with E-state index in [1.54, 1.807) is 29.2 Å². The third kappa shape index (κ3) is 4.55. The minimum atomic E-state index is -3.53. The molecule has 24 heavy (non-hydrogen) atoms. The van der Waals surface area contributed by atoms with Crippen LogP contribution >= 0.6 is 0 Å². The van der Waals surface area contributed by atoms with E-state index in [1.165, 1.54) is 11.2 Å². The van der Waals surface area contributed by atoms with Gasteiger partial charge in [0.05, 0.1) is 4.90 Å². The molecule has 1 aliphatic rings. The number of rotatable bonds is 5. The smallest absolute Gasteiger partial charge is 0.317 e. The van der Waals surface area contributed by atoms with Crippen LogP contribution in [0.15, 0.2) is 29.2 Å². The van der Waals surface area contributed by atoms with E-state index in [0.29, 0.717) is 26.1 Å². The molecule has 2 rings (SSSR count). The Hall–Kier alpha value is -1.93. The molecule has 1 heterocycles. The van der Waals surface area contributed by atoms with Crippen LogP contribution in [0.4, 0.5) is 4.79 Å². The molecule has 1 fully saturated rings. The number of nitrogens with zero attached hydrogens (tertiary/aromatic N) is 2. The van der Waals surface area contributed by atoms with Crippen molar-refractivity contribution in [1.29, 1.82) is 0 Å². The van der Waals surface area contributed by atoms with Crippen molar-refractivity contribution in [2.45, 2.75) is 25.2 Å². The van der Waals surface area contributed by atoms with E-state index in [1.807, 2.05) is 6.92 Å². The Balaban J connectivity index is 1.91. The zero-order valence-electron chi connectivity index (χ0n) is 14.0. The normalized spacial score (nSPS) is 16.0. The topological polar surface area (TPSA) is 86.8 Å². The number of ketones is 1. The first-order chi connectivity index (χ1) is 11.3. The Bertz CT molecular complexity index is 693. The lowest BCUT2D eigenvalue weighted by Crippen LogP contribution is -2.53. The summed E-state index contributed by atoms with van der Waals surface area (Å²) in [5, 5.41) is 2.67. The van der Waals surface area contributed by atoms with Gasteiger partial charge in [-0.1, -0.05) is 17.7 Å². The van der Waals surface area contributed by atoms with Crippen LogP contribution in [-0.4, -0.2) is 62.2 Å². The average Bonchev–Trinajstić information content (AvgIpc) is 2.55. The molecule has 0 unspecified atom stereocenters. The van der Waals surface area contributed by atoms with Gasteiger partial charge in [0, 0.05) is 39.1 Å². The summed E-state index contributed by atoms with van der Waals surface area (Å²) in [4.78, 5) is 24.7. The highest BCUT2D eigenvalue weighted by molar-refractivity contribution is 7.89. The maximum atomic E-state index is 12.6. The summed E-state index contributed by atoms with van der Waals surface area (Å²) in [5.74, 6) is 0.0179. The predicted octanol–water partition coefficient (Wildman–Crippen LogP) is 0.990. The molecule has 0 aromatic heterocycles. The lowest BCUT2D eigenvalue weighted by molar-refractivity contribution is -0.116. The molecule has 1 aromatic rings. The lowest BCUT2D eigenvalue weighted by atomic mass is 10.2. The molecular weight excluding hydrogens is 330 g/mol. The molecule has 0 spiro atoms. The standard InChI is InChI=1S/C16H23N3O4S/c1-13-3-5-15(6-4-13)24(22,23)19-11-9-18(10-12-19)16(21)17-8-7-14(2)20/h3-6H,7-12H2,1-2H3,(H,17,21). The molecule has 1 aromatic carbocycles. The van der Waals surface area contributed by atoms with Crippen molar-refractivity contribution < 1.29 is 18.0 Å². The van der Waals surface area contributed by atoms with Crippen molar-refractivity contribution in [1.82, 2.24) is 14.5 Å². The predicted molar refractivity (Wildman–Crippen MR) is 90.2 cm³/mol. The van der Waals surface area contributed by atoms with Crippen LogP contribution in [0.3, 0.4) is 0 Å². The Morgan fingerprint density at radius 1 is 1.08 bits per heavy atom. The van der Waals surface area contributed by atoms with Gasteiger partial charge in [0.15, 0.2) is 0 Å². The van der Waals surface area contributed by atoms with E-state index in [4.69, 9.17) is 0 Å². The van der Waals surface area contributed by atoms with Gasteiger partial charge in [-0.25, -0.2) is 13.2 Å². The van der Waals surface area contributed by atoms with Crippen molar-refractivity contribution in [3.8, 4) is 0 Å². The third-order valence-corrected chi connectivity index (χ3v) is 5.85. The van der Waals surface area contributed by atoms with Gasteiger partial charge in [0.25, 0.3) is 0 Å². The van der Waals surface area contributed by atoms with Gasteiger partial charge >= 0.3 is 6.03 Å². The minimum absolute atomic E-state index is 0.0179. The maximum Gasteiger partial charge on any atom is 0.317 e. The average molecular weight is 353 g/mol. The number of nitrogens with one attached hydrogen (secondary N) is 1. The number of amides is 2. The molecular formula is C16H23N3O4S. The van der Waals surface area contributed by atoms with Gasteiger partial charge in [0.1, 0.15) is 5.78 Å². The van der Waals surface area contributed by atoms with Crippen LogP contribution in [-0.2, 0) is 14.8 Å². The summed E-state index contributed by atoms with van der Waals surface area (Å²) in [6, 6.07) is 6.48. The van der Waals surface area contributed by atoms with E-state index in [9.17, 15) is 18.0 Å². The molecule has 1 aliphatic heterocycles. The van der Waals surface area contributed by atoms with Crippen molar-refractivity contribution in [2.24, 2.45) is 0 Å². The first-order valence-corrected chi connectivity index (χ1v) is 9.34. The zero-order valence-corrected chi connectivity index (χ0v) is 14.8. The van der Waals surface area contributed by atoms with Gasteiger partial charge in [0.2, 0.25) is 10.0 Å². The van der Waals surface area contributed by atoms with Crippen LogP contribution in [0.2, 0.25) is 0 Å². The van der Waals surface area contributed by atoms with Crippen LogP contribution in [0, 0.1) is 6.92 Å². The van der Waals surface area contributed by atoms with Crippen LogP contribution in [0.5, 0.6) is 0 Å². The fraction of sp³-hybridized carbons (Fsp3) is 0.500. The molecule has 0 aliphatic carbocycles. The molecule has 0 saturated carbocycles. The number of benzene rings is 1. The van der Waals surface area contributed by atoms with E-state index in [0.717, 1.165) is 5.56 Å². The number of carbonyl (C=O) groups excluding carboxylic acids is 2. The number of urea groups is 1. The highest BCUT2D eigenvalue weighted by atomic mass is 32.2. The second-order valence-corrected chi connectivity index (χ2v) is 7.83. The number of hydrogen-bond donors (Lipinski definition) is 1. The van der Waals surface area contributed by atoms with Gasteiger partial charge in [-0.15, -0.1) is 0 Å². The minimum Gasteiger partial charge on any atom is -0.338 e. The molecule has 0 bridgehead atoms. The van der Waals surface area contributed by atoms with E-state index >= 15 is 0 Å². The fourth-order valence-electron chi connectivity index (χ4n) is 2.45. The number of piperazine rings is 1. The van der Waals surface area contributed by atoms with Crippen LogP contribution in [0.1, 0.15) is 18.9 Å². The van der Waals surface area contributed by atoms with Gasteiger partial charge in [-0.2, -0.15) is 4.31 Å². The Labute approximate surface area is 142 Å². The fourth-order valence-corrected chi connectivity index (χ4v) is 3.87. The highest BCUT2D eigenvalue weighted by Crippen LogP contribution is 2.18. The lowest BCUT2D eigenvalue weighted by Gasteiger charge is -2.34. The maximum absolute atomic E-state index is 12.6. The Kier molecular flexibility index (Phi) is 5.95. The van der Waals surface area contributed by atoms with Crippen molar-refractivity contribution in [3.63, 3.8) is 0 Å². The quantitative estimate of drug-likeness (QED) is 0.855. The highest BCUT2D eigenvalue weighted by Gasteiger charge is 2.29. The summed E-state index contributed by atoms with van der Waals surface area (Å²) in [7, 11) is -3.53. The van der Waals surface area contributed by atoms with E-state index < -0.39 is 10.0 Å². The van der Waals surface area contributed by atoms with Crippen molar-refractivity contribution in [3.05, 3.63) is 29.8 Å². The molecule has 7 nitrogen and oxygen atoms in total. The summed E-state index contributed by atoms with van der Waals surface area (Å²) in [6.07, 6.45) is 0.299. The zero-order chi connectivity index (χ0) is 17.7. The molecule has 0 atom stereocenters. The van der Waals surface area contributed by atoms with Gasteiger partial charge in [-0.3, -0.25) is 4.79 Å². The molecule has 1 N–H and O–H groups in total. The summed E-state index contributed by atoms with van der Waals surface area (Å²) < 4.78 is 26.6. The summed E-state index contributed by atoms with van der Waals surface area (Å²) >= 11 is 0. The summed E-state index contributed by atoms with van der Waals surface area (Å²) in [6.45, 7) is 4.86. The second-order valence-electron chi connectivity index (χ2n) is 5.89. The molecule has 132 valence electrons. The van der Waals surface area contributed by atoms with Crippen molar-refractivity contribution in [2.75, 3.05) is 32.7 Å². The summed E-state index contributed by atoms with van der Waals surface area (Å²) in [5.41, 5.74) is 1.00. The van der Waals surface area contributed by atoms with Crippen molar-refractivity contribution >= 4 is 21.8 Å². The van der Waals surface area contributed by atoms with E-state index in [-0.39, 0.29) is 29.8 Å². The Morgan fingerprint density at radius 3 is 2.21 bits per heavy atom. The third-order valence-electron chi connectivity index (χ3n) is 3.94. The molecule has 8 heteroatoms. The number of Topliss-reactive ketones (excluding diaryl/α,β-unsaturated/α-hetero) is 1. The number of hydrogen-bond acceptors (Lipinski definition) is 4. The monoisotopic (exact) mass is 353 g/mol. The molecule has 2 amide bonds. The molecule has 0 radical (unpaired) electrons. The first kappa shape index (κ1) is 18.4. The number of carbonyl (C=O) groups is 2. The molecule has 1 saturated heterocycles. The SMILES string of the molecule is CC(=O)CCNC(=O)N1CCN(S(=O)(=O)c2ccc(C)cc2)CC1.